The van der Waals surface area contributed by atoms with Crippen LogP contribution < -0.4 is 0 Å². The third-order valence-electron chi connectivity index (χ3n) is 4.80. The zero-order valence-electron chi connectivity index (χ0n) is 16.2. The van der Waals surface area contributed by atoms with Crippen molar-refractivity contribution in [2.24, 2.45) is 0 Å². The Kier molecular flexibility index (Phi) is 9.75. The Balaban J connectivity index is 2.37. The molecule has 0 fully saturated rings. The van der Waals surface area contributed by atoms with Crippen molar-refractivity contribution >= 4 is 5.78 Å². The Hall–Kier alpha value is -1.31. The van der Waals surface area contributed by atoms with Crippen molar-refractivity contribution in [3.05, 3.63) is 28.8 Å². The molecular formula is C22H36O2. The van der Waals surface area contributed by atoms with Gasteiger partial charge in [-0.2, -0.15) is 0 Å². The molecule has 2 heteroatoms. The van der Waals surface area contributed by atoms with Gasteiger partial charge < -0.3 is 5.11 Å². The lowest BCUT2D eigenvalue weighted by Crippen LogP contribution is -2.06. The molecule has 0 aromatic heterocycles. The number of carbonyl (C=O) groups excluding carboxylic acids is 1. The summed E-state index contributed by atoms with van der Waals surface area (Å²) in [6.45, 7) is 8.24. The molecule has 136 valence electrons. The van der Waals surface area contributed by atoms with Crippen molar-refractivity contribution in [3.8, 4) is 5.75 Å². The second-order valence-electron chi connectivity index (χ2n) is 7.38. The molecule has 24 heavy (non-hydrogen) atoms. The van der Waals surface area contributed by atoms with Crippen LogP contribution in [-0.2, 0) is 0 Å². The number of hydrogen-bond acceptors (Lipinski definition) is 2. The van der Waals surface area contributed by atoms with Crippen molar-refractivity contribution in [2.75, 3.05) is 0 Å². The Bertz CT molecular complexity index is 503. The fourth-order valence-electron chi connectivity index (χ4n) is 3.16. The lowest BCUT2D eigenvalue weighted by Gasteiger charge is -2.14. The minimum Gasteiger partial charge on any atom is -0.508 e. The highest BCUT2D eigenvalue weighted by atomic mass is 16.3. The molecular weight excluding hydrogens is 296 g/mol. The lowest BCUT2D eigenvalue weighted by atomic mass is 9.91. The van der Waals surface area contributed by atoms with E-state index < -0.39 is 0 Å². The summed E-state index contributed by atoms with van der Waals surface area (Å²) in [6, 6.07) is 3.63. The number of hydrogen-bond donors (Lipinski definition) is 1. The minimum absolute atomic E-state index is 0.227. The maximum absolute atomic E-state index is 12.6. The molecule has 0 unspecified atom stereocenters. The van der Waals surface area contributed by atoms with Crippen molar-refractivity contribution in [2.45, 2.75) is 97.8 Å². The number of aryl methyl sites for hydroxylation is 1. The monoisotopic (exact) mass is 332 g/mol. The largest absolute Gasteiger partial charge is 0.508 e. The second-order valence-corrected chi connectivity index (χ2v) is 7.38. The molecule has 2 nitrogen and oxygen atoms in total. The molecule has 0 aliphatic carbocycles. The van der Waals surface area contributed by atoms with Gasteiger partial charge in [0, 0.05) is 12.0 Å². The summed E-state index contributed by atoms with van der Waals surface area (Å²) in [5, 5.41) is 9.89. The molecule has 0 bridgehead atoms. The van der Waals surface area contributed by atoms with Gasteiger partial charge in [-0.15, -0.1) is 0 Å². The SMILES string of the molecule is CCCCCCCCCCCC(=O)c1cc(C)c(O)cc1C(C)C. The normalized spacial score (nSPS) is 11.2. The van der Waals surface area contributed by atoms with Gasteiger partial charge in [-0.1, -0.05) is 72.1 Å². The van der Waals surface area contributed by atoms with Gasteiger partial charge in [0.1, 0.15) is 5.75 Å². The molecule has 0 amide bonds. The predicted molar refractivity (Wildman–Crippen MR) is 103 cm³/mol. The first-order valence-electron chi connectivity index (χ1n) is 9.84. The van der Waals surface area contributed by atoms with E-state index in [9.17, 15) is 9.90 Å². The summed E-state index contributed by atoms with van der Waals surface area (Å²) in [5.74, 6) is 0.765. The Morgan fingerprint density at radius 2 is 1.50 bits per heavy atom. The smallest absolute Gasteiger partial charge is 0.163 e. The number of phenolic OH excluding ortho intramolecular Hbond substituents is 1. The van der Waals surface area contributed by atoms with Gasteiger partial charge >= 0.3 is 0 Å². The molecule has 1 aromatic rings. The van der Waals surface area contributed by atoms with Gasteiger partial charge in [0.25, 0.3) is 0 Å². The third-order valence-corrected chi connectivity index (χ3v) is 4.80. The van der Waals surface area contributed by atoms with Gasteiger partial charge in [-0.25, -0.2) is 0 Å². The summed E-state index contributed by atoms with van der Waals surface area (Å²) in [5.41, 5.74) is 2.56. The number of unbranched alkanes of at least 4 members (excludes halogenated alkanes) is 8. The van der Waals surface area contributed by atoms with E-state index in [-0.39, 0.29) is 11.7 Å². The first kappa shape index (κ1) is 20.7. The molecule has 1 rings (SSSR count). The number of rotatable bonds is 12. The number of Topliss-reactive ketones (excluding diaryl/α,β-unsaturated/α-hetero) is 1. The maximum Gasteiger partial charge on any atom is 0.163 e. The number of benzene rings is 1. The molecule has 1 N–H and O–H groups in total. The molecule has 0 atom stereocenters. The molecule has 0 heterocycles. The summed E-state index contributed by atoms with van der Waals surface area (Å²) in [7, 11) is 0. The van der Waals surface area contributed by atoms with Crippen molar-refractivity contribution in [1.29, 1.82) is 0 Å². The third kappa shape index (κ3) is 7.07. The summed E-state index contributed by atoms with van der Waals surface area (Å²) >= 11 is 0. The second kappa shape index (κ2) is 11.3. The highest BCUT2D eigenvalue weighted by molar-refractivity contribution is 5.98. The standard InChI is InChI=1S/C22H36O2/c1-5-6-7-8-9-10-11-12-13-14-21(23)20-15-18(4)22(24)16-19(20)17(2)3/h15-17,24H,5-14H2,1-4H3. The average molecular weight is 333 g/mol. The van der Waals surface area contributed by atoms with E-state index in [1.807, 2.05) is 13.0 Å². The predicted octanol–water partition coefficient (Wildman–Crippen LogP) is 6.93. The summed E-state index contributed by atoms with van der Waals surface area (Å²) in [4.78, 5) is 12.6. The summed E-state index contributed by atoms with van der Waals surface area (Å²) in [6.07, 6.45) is 12.0. The van der Waals surface area contributed by atoms with E-state index >= 15 is 0 Å². The average Bonchev–Trinajstić information content (AvgIpc) is 2.55. The highest BCUT2D eigenvalue weighted by Gasteiger charge is 2.16. The Morgan fingerprint density at radius 1 is 0.958 bits per heavy atom. The maximum atomic E-state index is 12.6. The van der Waals surface area contributed by atoms with Crippen molar-refractivity contribution < 1.29 is 9.90 Å². The topological polar surface area (TPSA) is 37.3 Å². The molecule has 0 aliphatic heterocycles. The zero-order valence-corrected chi connectivity index (χ0v) is 16.2. The molecule has 1 aromatic carbocycles. The molecule has 0 radical (unpaired) electrons. The van der Waals surface area contributed by atoms with Gasteiger partial charge in [-0.3, -0.25) is 4.79 Å². The number of carbonyl (C=O) groups is 1. The summed E-state index contributed by atoms with van der Waals surface area (Å²) < 4.78 is 0. The van der Waals surface area contributed by atoms with Crippen LogP contribution in [0, 0.1) is 6.92 Å². The van der Waals surface area contributed by atoms with Gasteiger partial charge in [0.05, 0.1) is 0 Å². The fourth-order valence-corrected chi connectivity index (χ4v) is 3.16. The van der Waals surface area contributed by atoms with Crippen LogP contribution in [0.3, 0.4) is 0 Å². The highest BCUT2D eigenvalue weighted by Crippen LogP contribution is 2.28. The van der Waals surface area contributed by atoms with Gasteiger partial charge in [0.2, 0.25) is 0 Å². The van der Waals surface area contributed by atoms with Crippen LogP contribution in [0.5, 0.6) is 5.75 Å². The van der Waals surface area contributed by atoms with Crippen LogP contribution in [0.25, 0.3) is 0 Å². The van der Waals surface area contributed by atoms with Crippen LogP contribution >= 0.6 is 0 Å². The quantitative estimate of drug-likeness (QED) is 0.333. The lowest BCUT2D eigenvalue weighted by molar-refractivity contribution is 0.0977. The van der Waals surface area contributed by atoms with Gasteiger partial charge in [-0.05, 0) is 42.5 Å². The van der Waals surface area contributed by atoms with Crippen molar-refractivity contribution in [1.82, 2.24) is 0 Å². The molecule has 0 saturated carbocycles. The minimum atomic E-state index is 0.227. The van der Waals surface area contributed by atoms with Crippen LogP contribution in [0.15, 0.2) is 12.1 Å². The molecule has 0 aliphatic rings. The number of aromatic hydroxyl groups is 1. The van der Waals surface area contributed by atoms with Crippen LogP contribution in [-0.4, -0.2) is 10.9 Å². The first-order valence-corrected chi connectivity index (χ1v) is 9.84. The van der Waals surface area contributed by atoms with E-state index in [0.29, 0.717) is 12.2 Å². The molecule has 0 spiro atoms. The Morgan fingerprint density at radius 3 is 2.04 bits per heavy atom. The van der Waals surface area contributed by atoms with E-state index in [1.165, 1.54) is 44.9 Å². The van der Waals surface area contributed by atoms with Crippen LogP contribution in [0.4, 0.5) is 0 Å². The first-order chi connectivity index (χ1) is 11.5. The van der Waals surface area contributed by atoms with Crippen LogP contribution in [0.2, 0.25) is 0 Å². The molecule has 0 saturated heterocycles. The van der Waals surface area contributed by atoms with Gasteiger partial charge in [0.15, 0.2) is 5.78 Å². The van der Waals surface area contributed by atoms with E-state index in [2.05, 4.69) is 20.8 Å². The van der Waals surface area contributed by atoms with Crippen molar-refractivity contribution in [3.63, 3.8) is 0 Å². The van der Waals surface area contributed by atoms with E-state index in [1.54, 1.807) is 6.07 Å². The van der Waals surface area contributed by atoms with Crippen LogP contribution in [0.1, 0.15) is 112 Å². The number of ketones is 1. The van der Waals surface area contributed by atoms with E-state index in [4.69, 9.17) is 0 Å². The Labute approximate surface area is 148 Å². The van der Waals surface area contributed by atoms with E-state index in [0.717, 1.165) is 29.5 Å². The number of phenols is 1. The fraction of sp³-hybridized carbons (Fsp3) is 0.682. The zero-order chi connectivity index (χ0) is 17.9.